The van der Waals surface area contributed by atoms with Crippen LogP contribution in [0.4, 0.5) is 11.5 Å². The van der Waals surface area contributed by atoms with Crippen LogP contribution < -0.4 is 10.6 Å². The first-order chi connectivity index (χ1) is 7.20. The predicted octanol–water partition coefficient (Wildman–Crippen LogP) is 1.91. The number of nitrogens with zero attached hydrogens (tertiary/aromatic N) is 2. The zero-order valence-corrected chi connectivity index (χ0v) is 10.0. The molecule has 1 aliphatic rings. The number of anilines is 2. The minimum Gasteiger partial charge on any atom is -0.396 e. The molecule has 0 saturated carbocycles. The van der Waals surface area contributed by atoms with Crippen molar-refractivity contribution in [1.82, 2.24) is 4.98 Å². The smallest absolute Gasteiger partial charge is 0.152 e. The molecule has 1 aromatic rings. The van der Waals surface area contributed by atoms with Gasteiger partial charge in [0.05, 0.1) is 5.69 Å². The van der Waals surface area contributed by atoms with Crippen molar-refractivity contribution in [2.45, 2.75) is 19.4 Å². The molecule has 82 valence electrons. The highest BCUT2D eigenvalue weighted by atomic mass is 32.2. The lowest BCUT2D eigenvalue weighted by molar-refractivity contribution is 0.692. The zero-order chi connectivity index (χ0) is 10.8. The molecule has 1 saturated heterocycles. The summed E-state index contributed by atoms with van der Waals surface area (Å²) in [6.45, 7) is 2.03. The molecule has 1 aromatic heterocycles. The van der Waals surface area contributed by atoms with E-state index in [4.69, 9.17) is 5.73 Å². The van der Waals surface area contributed by atoms with E-state index in [0.717, 1.165) is 17.1 Å². The van der Waals surface area contributed by atoms with Crippen LogP contribution in [0.25, 0.3) is 0 Å². The van der Waals surface area contributed by atoms with Crippen LogP contribution in [0.15, 0.2) is 12.3 Å². The summed E-state index contributed by atoms with van der Waals surface area (Å²) in [5, 5.41) is 0. The molecule has 1 atom stereocenters. The van der Waals surface area contributed by atoms with Gasteiger partial charge in [0, 0.05) is 25.0 Å². The summed E-state index contributed by atoms with van der Waals surface area (Å²) in [6.07, 6.45) is 3.07. The third-order valence-electron chi connectivity index (χ3n) is 2.97. The summed E-state index contributed by atoms with van der Waals surface area (Å²) in [6, 6.07) is 2.54. The van der Waals surface area contributed by atoms with Crippen molar-refractivity contribution in [1.29, 1.82) is 0 Å². The van der Waals surface area contributed by atoms with Gasteiger partial charge in [0.2, 0.25) is 0 Å². The molecule has 1 fully saturated rings. The van der Waals surface area contributed by atoms with E-state index < -0.39 is 0 Å². The molecule has 0 bridgehead atoms. The molecule has 0 amide bonds. The number of pyridine rings is 1. The average Bonchev–Trinajstić information content (AvgIpc) is 2.74. The summed E-state index contributed by atoms with van der Waals surface area (Å²) in [5.41, 5.74) is 7.97. The standard InChI is InChI=1S/C11H17N3S/c1-8-3-5-13-11(10(8)12)14(2)9-4-6-15-7-9/h3,5,9H,4,6-7,12H2,1-2H3. The predicted molar refractivity (Wildman–Crippen MR) is 67.5 cm³/mol. The number of aromatic nitrogens is 1. The lowest BCUT2D eigenvalue weighted by Crippen LogP contribution is -2.32. The second kappa shape index (κ2) is 4.31. The van der Waals surface area contributed by atoms with Crippen LogP contribution in [0.3, 0.4) is 0 Å². The number of aryl methyl sites for hydroxylation is 1. The third-order valence-corrected chi connectivity index (χ3v) is 4.12. The highest BCUT2D eigenvalue weighted by molar-refractivity contribution is 7.99. The first kappa shape index (κ1) is 10.6. The fourth-order valence-electron chi connectivity index (χ4n) is 1.84. The number of rotatable bonds is 2. The highest BCUT2D eigenvalue weighted by Crippen LogP contribution is 2.29. The fraction of sp³-hybridized carbons (Fsp3) is 0.545. The molecular formula is C11H17N3S. The topological polar surface area (TPSA) is 42.2 Å². The molecule has 2 N–H and O–H groups in total. The van der Waals surface area contributed by atoms with Crippen molar-refractivity contribution in [2.24, 2.45) is 0 Å². The Morgan fingerprint density at radius 3 is 3.07 bits per heavy atom. The Kier molecular flexibility index (Phi) is 3.05. The Morgan fingerprint density at radius 1 is 1.60 bits per heavy atom. The van der Waals surface area contributed by atoms with Crippen LogP contribution in [0, 0.1) is 6.92 Å². The number of nitrogens with two attached hydrogens (primary N) is 1. The van der Waals surface area contributed by atoms with E-state index >= 15 is 0 Å². The maximum Gasteiger partial charge on any atom is 0.152 e. The molecule has 0 aromatic carbocycles. The van der Waals surface area contributed by atoms with Gasteiger partial charge in [0.15, 0.2) is 5.82 Å². The normalized spacial score (nSPS) is 20.5. The van der Waals surface area contributed by atoms with Crippen molar-refractivity contribution >= 4 is 23.3 Å². The molecule has 15 heavy (non-hydrogen) atoms. The highest BCUT2D eigenvalue weighted by Gasteiger charge is 2.22. The lowest BCUT2D eigenvalue weighted by Gasteiger charge is -2.26. The number of thioether (sulfide) groups is 1. The fourth-order valence-corrected chi connectivity index (χ4v) is 3.10. The summed E-state index contributed by atoms with van der Waals surface area (Å²) in [4.78, 5) is 6.60. The van der Waals surface area contributed by atoms with Crippen molar-refractivity contribution in [3.05, 3.63) is 17.8 Å². The molecule has 1 unspecified atom stereocenters. The minimum absolute atomic E-state index is 0.589. The van der Waals surface area contributed by atoms with Crippen LogP contribution >= 0.6 is 11.8 Å². The SMILES string of the molecule is Cc1ccnc(N(C)C2CCSC2)c1N. The lowest BCUT2D eigenvalue weighted by atomic mass is 10.2. The van der Waals surface area contributed by atoms with E-state index in [2.05, 4.69) is 16.9 Å². The Morgan fingerprint density at radius 2 is 2.40 bits per heavy atom. The molecular weight excluding hydrogens is 206 g/mol. The molecule has 0 radical (unpaired) electrons. The summed E-state index contributed by atoms with van der Waals surface area (Å²) >= 11 is 2.00. The van der Waals surface area contributed by atoms with E-state index in [-0.39, 0.29) is 0 Å². The maximum atomic E-state index is 6.04. The van der Waals surface area contributed by atoms with Crippen molar-refractivity contribution in [3.63, 3.8) is 0 Å². The van der Waals surface area contributed by atoms with E-state index in [1.165, 1.54) is 17.9 Å². The largest absolute Gasteiger partial charge is 0.396 e. The number of nitrogen functional groups attached to an aromatic ring is 1. The molecule has 2 heterocycles. The van der Waals surface area contributed by atoms with Gasteiger partial charge in [0.1, 0.15) is 0 Å². The molecule has 3 nitrogen and oxygen atoms in total. The van der Waals surface area contributed by atoms with Gasteiger partial charge in [0.25, 0.3) is 0 Å². The first-order valence-corrected chi connectivity index (χ1v) is 6.37. The van der Waals surface area contributed by atoms with Gasteiger partial charge in [-0.15, -0.1) is 0 Å². The van der Waals surface area contributed by atoms with Gasteiger partial charge in [-0.3, -0.25) is 0 Å². The van der Waals surface area contributed by atoms with Crippen LogP contribution in [0.5, 0.6) is 0 Å². The molecule has 1 aliphatic heterocycles. The van der Waals surface area contributed by atoms with Crippen LogP contribution in [-0.2, 0) is 0 Å². The summed E-state index contributed by atoms with van der Waals surface area (Å²) in [7, 11) is 2.09. The summed E-state index contributed by atoms with van der Waals surface area (Å²) in [5.74, 6) is 3.37. The quantitative estimate of drug-likeness (QED) is 0.831. The van der Waals surface area contributed by atoms with E-state index in [1.54, 1.807) is 0 Å². The van der Waals surface area contributed by atoms with Gasteiger partial charge < -0.3 is 10.6 Å². The third kappa shape index (κ3) is 2.04. The monoisotopic (exact) mass is 223 g/mol. The van der Waals surface area contributed by atoms with E-state index in [1.807, 2.05) is 30.9 Å². The molecule has 4 heteroatoms. The number of hydrogen-bond donors (Lipinski definition) is 1. The Hall–Kier alpha value is -0.900. The summed E-state index contributed by atoms with van der Waals surface area (Å²) < 4.78 is 0. The van der Waals surface area contributed by atoms with Crippen molar-refractivity contribution < 1.29 is 0 Å². The van der Waals surface area contributed by atoms with Crippen LogP contribution in [0.1, 0.15) is 12.0 Å². The second-order valence-corrected chi connectivity index (χ2v) is 5.14. The van der Waals surface area contributed by atoms with Crippen molar-refractivity contribution in [2.75, 3.05) is 29.2 Å². The minimum atomic E-state index is 0.589. The maximum absolute atomic E-state index is 6.04. The Balaban J connectivity index is 2.24. The molecule has 0 spiro atoms. The van der Waals surface area contributed by atoms with Gasteiger partial charge in [-0.1, -0.05) is 0 Å². The zero-order valence-electron chi connectivity index (χ0n) is 9.23. The molecule has 2 rings (SSSR count). The molecule has 0 aliphatic carbocycles. The average molecular weight is 223 g/mol. The van der Waals surface area contributed by atoms with Gasteiger partial charge in [-0.05, 0) is 30.7 Å². The van der Waals surface area contributed by atoms with E-state index in [0.29, 0.717) is 6.04 Å². The first-order valence-electron chi connectivity index (χ1n) is 5.22. The van der Waals surface area contributed by atoms with Gasteiger partial charge >= 0.3 is 0 Å². The Bertz CT molecular complexity index is 348. The van der Waals surface area contributed by atoms with Crippen LogP contribution in [0.2, 0.25) is 0 Å². The van der Waals surface area contributed by atoms with Gasteiger partial charge in [-0.2, -0.15) is 11.8 Å². The van der Waals surface area contributed by atoms with Gasteiger partial charge in [-0.25, -0.2) is 4.98 Å². The second-order valence-electron chi connectivity index (χ2n) is 3.99. The Labute approximate surface area is 95.1 Å². The van der Waals surface area contributed by atoms with E-state index in [9.17, 15) is 0 Å². The van der Waals surface area contributed by atoms with Crippen LogP contribution in [-0.4, -0.2) is 29.6 Å². The van der Waals surface area contributed by atoms with Crippen molar-refractivity contribution in [3.8, 4) is 0 Å². The number of hydrogen-bond acceptors (Lipinski definition) is 4.